The number of carbonyl (C=O) groups excluding carboxylic acids is 1. The summed E-state index contributed by atoms with van der Waals surface area (Å²) in [6.07, 6.45) is 5.60. The lowest BCUT2D eigenvalue weighted by molar-refractivity contribution is 0.112. The fourth-order valence-corrected chi connectivity index (χ4v) is 3.49. The topological polar surface area (TPSA) is 63.1 Å². The van der Waals surface area contributed by atoms with Gasteiger partial charge in [0.05, 0.1) is 6.61 Å². The second-order valence-corrected chi connectivity index (χ2v) is 7.76. The van der Waals surface area contributed by atoms with E-state index in [1.165, 1.54) is 25.7 Å². The smallest absolute Gasteiger partial charge is 0.150 e. The molecule has 2 aliphatic carbocycles. The van der Waals surface area contributed by atoms with Crippen molar-refractivity contribution in [1.82, 2.24) is 9.97 Å². The van der Waals surface area contributed by atoms with Crippen LogP contribution in [0.3, 0.4) is 0 Å². The summed E-state index contributed by atoms with van der Waals surface area (Å²) in [6, 6.07) is 3.36. The highest BCUT2D eigenvalue weighted by Gasteiger charge is 2.28. The first-order valence-electron chi connectivity index (χ1n) is 8.83. The molecule has 2 aromatic rings. The highest BCUT2D eigenvalue weighted by Crippen LogP contribution is 2.42. The molecule has 6 heteroatoms. The minimum Gasteiger partial charge on any atom is -0.392 e. The molecular formula is C20H22Cl2N2O2. The van der Waals surface area contributed by atoms with Crippen molar-refractivity contribution in [1.29, 1.82) is 0 Å². The Morgan fingerprint density at radius 1 is 1.00 bits per heavy atom. The summed E-state index contributed by atoms with van der Waals surface area (Å²) in [5.74, 6) is 1.13. The standard InChI is InChI=1S/C10H12ClNO.C10H10ClNO/c2*1-6-8(5-13)4-9(11)12-10(6)7-2-3-7/h4,7,13H,2-3,5H2,1H3;4-5,7H,2-3H2,1H3. The minimum atomic E-state index is 0.0494. The molecule has 2 aromatic heterocycles. The molecule has 138 valence electrons. The Hall–Kier alpha value is -1.49. The number of hydrogen-bond donors (Lipinski definition) is 1. The Kier molecular flexibility index (Phi) is 5.96. The van der Waals surface area contributed by atoms with Crippen molar-refractivity contribution < 1.29 is 9.90 Å². The Bertz CT molecular complexity index is 831. The van der Waals surface area contributed by atoms with Crippen LogP contribution in [-0.2, 0) is 6.61 Å². The maximum atomic E-state index is 10.7. The molecule has 0 amide bonds. The molecule has 4 nitrogen and oxygen atoms in total. The summed E-state index contributed by atoms with van der Waals surface area (Å²) in [7, 11) is 0. The Balaban J connectivity index is 0.000000151. The summed E-state index contributed by atoms with van der Waals surface area (Å²) < 4.78 is 0. The molecule has 4 rings (SSSR count). The maximum absolute atomic E-state index is 10.7. The number of halogens is 2. The second-order valence-electron chi connectivity index (χ2n) is 6.98. The number of aliphatic hydroxyl groups is 1. The van der Waals surface area contributed by atoms with Crippen molar-refractivity contribution in [3.63, 3.8) is 0 Å². The van der Waals surface area contributed by atoms with E-state index >= 15 is 0 Å². The van der Waals surface area contributed by atoms with Crippen LogP contribution in [0.1, 0.15) is 76.0 Å². The van der Waals surface area contributed by atoms with Gasteiger partial charge in [0.25, 0.3) is 0 Å². The van der Waals surface area contributed by atoms with E-state index in [4.69, 9.17) is 28.3 Å². The molecule has 2 saturated carbocycles. The van der Waals surface area contributed by atoms with Gasteiger partial charge in [-0.25, -0.2) is 9.97 Å². The summed E-state index contributed by atoms with van der Waals surface area (Å²) in [5, 5.41) is 10.0. The number of aromatic nitrogens is 2. The zero-order valence-corrected chi connectivity index (χ0v) is 16.4. The third kappa shape index (κ3) is 4.43. The van der Waals surface area contributed by atoms with Crippen LogP contribution in [-0.4, -0.2) is 21.4 Å². The molecule has 0 radical (unpaired) electrons. The second kappa shape index (κ2) is 8.03. The maximum Gasteiger partial charge on any atom is 0.150 e. The largest absolute Gasteiger partial charge is 0.392 e. The average Bonchev–Trinajstić information content (AvgIpc) is 3.50. The lowest BCUT2D eigenvalue weighted by Gasteiger charge is -2.08. The zero-order valence-electron chi connectivity index (χ0n) is 14.9. The number of pyridine rings is 2. The lowest BCUT2D eigenvalue weighted by atomic mass is 10.1. The van der Waals surface area contributed by atoms with E-state index in [1.54, 1.807) is 12.1 Å². The molecule has 0 atom stereocenters. The first-order chi connectivity index (χ1) is 12.4. The van der Waals surface area contributed by atoms with Gasteiger partial charge in [-0.3, -0.25) is 4.79 Å². The third-order valence-electron chi connectivity index (χ3n) is 4.93. The number of rotatable bonds is 4. The van der Waals surface area contributed by atoms with Crippen LogP contribution in [0.2, 0.25) is 10.3 Å². The van der Waals surface area contributed by atoms with E-state index in [9.17, 15) is 4.79 Å². The Labute approximate surface area is 163 Å². The predicted molar refractivity (Wildman–Crippen MR) is 103 cm³/mol. The van der Waals surface area contributed by atoms with Crippen molar-refractivity contribution in [2.24, 2.45) is 0 Å². The van der Waals surface area contributed by atoms with Gasteiger partial charge in [0.15, 0.2) is 0 Å². The minimum absolute atomic E-state index is 0.0494. The summed E-state index contributed by atoms with van der Waals surface area (Å²) in [4.78, 5) is 19.2. The highest BCUT2D eigenvalue weighted by atomic mass is 35.5. The van der Waals surface area contributed by atoms with Gasteiger partial charge in [-0.1, -0.05) is 23.2 Å². The molecule has 0 spiro atoms. The molecular weight excluding hydrogens is 371 g/mol. The van der Waals surface area contributed by atoms with Crippen LogP contribution in [0, 0.1) is 13.8 Å². The van der Waals surface area contributed by atoms with Crippen molar-refractivity contribution in [2.75, 3.05) is 0 Å². The van der Waals surface area contributed by atoms with Gasteiger partial charge in [-0.05, 0) is 68.4 Å². The van der Waals surface area contributed by atoms with Crippen LogP contribution in [0.15, 0.2) is 12.1 Å². The van der Waals surface area contributed by atoms with Gasteiger partial charge in [0, 0.05) is 28.8 Å². The van der Waals surface area contributed by atoms with Crippen LogP contribution >= 0.6 is 23.2 Å². The van der Waals surface area contributed by atoms with Gasteiger partial charge in [0.1, 0.15) is 16.6 Å². The van der Waals surface area contributed by atoms with Crippen molar-refractivity contribution in [3.05, 3.63) is 56.1 Å². The van der Waals surface area contributed by atoms with Crippen LogP contribution in [0.4, 0.5) is 0 Å². The monoisotopic (exact) mass is 392 g/mol. The van der Waals surface area contributed by atoms with E-state index in [0.29, 0.717) is 27.7 Å². The number of nitrogens with zero attached hydrogens (tertiary/aromatic N) is 2. The number of carbonyl (C=O) groups is 1. The molecule has 0 aliphatic heterocycles. The lowest BCUT2D eigenvalue weighted by Crippen LogP contribution is -1.98. The first-order valence-corrected chi connectivity index (χ1v) is 9.59. The molecule has 2 aliphatic rings. The van der Waals surface area contributed by atoms with Crippen molar-refractivity contribution in [3.8, 4) is 0 Å². The van der Waals surface area contributed by atoms with E-state index in [0.717, 1.165) is 34.4 Å². The molecule has 26 heavy (non-hydrogen) atoms. The van der Waals surface area contributed by atoms with Crippen LogP contribution < -0.4 is 0 Å². The molecule has 0 unspecified atom stereocenters. The van der Waals surface area contributed by atoms with Crippen LogP contribution in [0.25, 0.3) is 0 Å². The quantitative estimate of drug-likeness (QED) is 0.577. The molecule has 1 N–H and O–H groups in total. The number of hydrogen-bond acceptors (Lipinski definition) is 4. The zero-order chi connectivity index (χ0) is 18.8. The number of aliphatic hydroxyl groups excluding tert-OH is 1. The average molecular weight is 393 g/mol. The van der Waals surface area contributed by atoms with Crippen molar-refractivity contribution in [2.45, 2.75) is 58.0 Å². The normalized spacial score (nSPS) is 16.0. The Morgan fingerprint density at radius 2 is 1.50 bits per heavy atom. The Morgan fingerprint density at radius 3 is 1.96 bits per heavy atom. The molecule has 2 fully saturated rings. The fraction of sp³-hybridized carbons (Fsp3) is 0.450. The first kappa shape index (κ1) is 19.3. The van der Waals surface area contributed by atoms with Gasteiger partial charge in [-0.2, -0.15) is 0 Å². The SMILES string of the molecule is Cc1c(C=O)cc(Cl)nc1C1CC1.Cc1c(CO)cc(Cl)nc1C1CC1. The van der Waals surface area contributed by atoms with Gasteiger partial charge < -0.3 is 5.11 Å². The highest BCUT2D eigenvalue weighted by molar-refractivity contribution is 6.29. The summed E-state index contributed by atoms with van der Waals surface area (Å²) >= 11 is 11.7. The van der Waals surface area contributed by atoms with Gasteiger partial charge in [0.2, 0.25) is 0 Å². The van der Waals surface area contributed by atoms with E-state index in [1.807, 2.05) is 13.8 Å². The third-order valence-corrected chi connectivity index (χ3v) is 5.32. The van der Waals surface area contributed by atoms with E-state index in [-0.39, 0.29) is 6.61 Å². The summed E-state index contributed by atoms with van der Waals surface area (Å²) in [6.45, 7) is 3.98. The van der Waals surface area contributed by atoms with E-state index in [2.05, 4.69) is 9.97 Å². The fourth-order valence-electron chi connectivity index (χ4n) is 3.06. The van der Waals surface area contributed by atoms with E-state index < -0.39 is 0 Å². The van der Waals surface area contributed by atoms with Gasteiger partial charge >= 0.3 is 0 Å². The summed E-state index contributed by atoms with van der Waals surface area (Å²) in [5.41, 5.74) is 5.76. The molecule has 0 saturated heterocycles. The molecule has 0 aromatic carbocycles. The van der Waals surface area contributed by atoms with Crippen LogP contribution in [0.5, 0.6) is 0 Å². The molecule has 0 bridgehead atoms. The molecule has 2 heterocycles. The number of aldehydes is 1. The van der Waals surface area contributed by atoms with Crippen molar-refractivity contribution >= 4 is 29.5 Å². The van der Waals surface area contributed by atoms with Gasteiger partial charge in [-0.15, -0.1) is 0 Å². The predicted octanol–water partition coefficient (Wildman–Crippen LogP) is 5.15.